The van der Waals surface area contributed by atoms with Crippen LogP contribution in [0.5, 0.6) is 11.5 Å². The highest BCUT2D eigenvalue weighted by Crippen LogP contribution is 2.41. The van der Waals surface area contributed by atoms with Gasteiger partial charge in [-0.1, -0.05) is 41.4 Å². The Labute approximate surface area is 190 Å². The molecule has 3 aromatic rings. The maximum Gasteiger partial charge on any atom is 0.160 e. The Bertz CT molecular complexity index is 1130. The van der Waals surface area contributed by atoms with E-state index in [9.17, 15) is 0 Å². The topological polar surface area (TPSA) is 68.6 Å². The van der Waals surface area contributed by atoms with E-state index in [-0.39, 0.29) is 6.04 Å². The predicted molar refractivity (Wildman–Crippen MR) is 120 cm³/mol. The fourth-order valence-electron chi connectivity index (χ4n) is 3.57. The maximum atomic E-state index is 6.33. The second-order valence-electron chi connectivity index (χ2n) is 7.70. The van der Waals surface area contributed by atoms with Crippen LogP contribution in [0.3, 0.4) is 0 Å². The summed E-state index contributed by atoms with van der Waals surface area (Å²) in [7, 11) is 0. The Morgan fingerprint density at radius 2 is 1.94 bits per heavy atom. The molecule has 0 spiro atoms. The molecule has 0 radical (unpaired) electrons. The van der Waals surface area contributed by atoms with Crippen LogP contribution in [0.15, 0.2) is 59.9 Å². The molecule has 158 valence electrons. The minimum atomic E-state index is -0.117. The molecule has 1 unspecified atom stereocenters. The Morgan fingerprint density at radius 3 is 2.77 bits per heavy atom. The number of nitrogens with zero attached hydrogens (tertiary/aromatic N) is 3. The quantitative estimate of drug-likeness (QED) is 0.543. The molecule has 2 aliphatic rings. The van der Waals surface area contributed by atoms with Gasteiger partial charge in [0.25, 0.3) is 0 Å². The highest BCUT2D eigenvalue weighted by Gasteiger charge is 2.24. The van der Waals surface area contributed by atoms with Crippen molar-refractivity contribution in [3.05, 3.63) is 81.6 Å². The number of hydroxylamine groups is 1. The first-order valence-corrected chi connectivity index (χ1v) is 10.9. The molecule has 5 rings (SSSR count). The Hall–Kier alpha value is -2.67. The van der Waals surface area contributed by atoms with Gasteiger partial charge in [0, 0.05) is 10.0 Å². The van der Waals surface area contributed by atoms with Crippen molar-refractivity contribution in [2.24, 2.45) is 4.99 Å². The lowest BCUT2D eigenvalue weighted by atomic mass is 10.1. The van der Waals surface area contributed by atoms with Gasteiger partial charge in [0.2, 0.25) is 0 Å². The lowest BCUT2D eigenvalue weighted by Gasteiger charge is -2.23. The van der Waals surface area contributed by atoms with E-state index in [2.05, 4.69) is 27.8 Å². The van der Waals surface area contributed by atoms with Crippen LogP contribution in [0.4, 0.5) is 0 Å². The number of hydrogen-bond acceptors (Lipinski definition) is 6. The number of aromatic nitrogens is 2. The van der Waals surface area contributed by atoms with Crippen molar-refractivity contribution in [3.63, 3.8) is 0 Å². The molecule has 31 heavy (non-hydrogen) atoms. The smallest absolute Gasteiger partial charge is 0.160 e. The zero-order chi connectivity index (χ0) is 21.2. The average molecular weight is 455 g/mol. The third-order valence-corrected chi connectivity index (χ3v) is 5.90. The van der Waals surface area contributed by atoms with Gasteiger partial charge < -0.3 is 4.74 Å². The first kappa shape index (κ1) is 20.2. The van der Waals surface area contributed by atoms with E-state index in [4.69, 9.17) is 37.8 Å². The second-order valence-corrected chi connectivity index (χ2v) is 8.54. The number of hydrogen-bond donors (Lipinski definition) is 1. The number of aliphatic imine (C=N–C) groups is 1. The SMILES string of the molecule is Clc1ccc(CC2CONC(c3cnncc3Oc3cccc(C4CC4)c3)=N2)c(Cl)c1. The lowest BCUT2D eigenvalue weighted by Crippen LogP contribution is -2.37. The molecule has 0 saturated heterocycles. The van der Waals surface area contributed by atoms with E-state index in [0.717, 1.165) is 11.3 Å². The van der Waals surface area contributed by atoms with Crippen molar-refractivity contribution in [1.29, 1.82) is 0 Å². The van der Waals surface area contributed by atoms with E-state index in [0.29, 0.717) is 46.1 Å². The first-order chi connectivity index (χ1) is 15.2. The van der Waals surface area contributed by atoms with E-state index in [1.165, 1.54) is 18.4 Å². The van der Waals surface area contributed by atoms with Gasteiger partial charge in [0.1, 0.15) is 5.75 Å². The van der Waals surface area contributed by atoms with E-state index < -0.39 is 0 Å². The van der Waals surface area contributed by atoms with Crippen molar-refractivity contribution < 1.29 is 9.57 Å². The molecule has 1 aliphatic heterocycles. The summed E-state index contributed by atoms with van der Waals surface area (Å²) >= 11 is 12.3. The van der Waals surface area contributed by atoms with Crippen LogP contribution in [-0.2, 0) is 11.3 Å². The predicted octanol–water partition coefficient (Wildman–Crippen LogP) is 5.35. The molecule has 8 heteroatoms. The zero-order valence-corrected chi connectivity index (χ0v) is 18.1. The van der Waals surface area contributed by atoms with Crippen LogP contribution < -0.4 is 10.2 Å². The number of nitrogens with one attached hydrogen (secondary N) is 1. The van der Waals surface area contributed by atoms with Crippen LogP contribution >= 0.6 is 23.2 Å². The fraction of sp³-hybridized carbons (Fsp3) is 0.261. The summed E-state index contributed by atoms with van der Waals surface area (Å²) in [6.45, 7) is 0.417. The number of ether oxygens (including phenoxy) is 1. The Kier molecular flexibility index (Phi) is 5.76. The number of benzene rings is 2. The van der Waals surface area contributed by atoms with Crippen LogP contribution in [0.2, 0.25) is 10.0 Å². The summed E-state index contributed by atoms with van der Waals surface area (Å²) in [5, 5.41) is 9.22. The zero-order valence-electron chi connectivity index (χ0n) is 16.6. The fourth-order valence-corrected chi connectivity index (χ4v) is 4.05. The third kappa shape index (κ3) is 4.82. The number of amidine groups is 1. The molecule has 1 aromatic heterocycles. The molecule has 2 heterocycles. The van der Waals surface area contributed by atoms with Gasteiger partial charge in [-0.25, -0.2) is 5.48 Å². The highest BCUT2D eigenvalue weighted by molar-refractivity contribution is 6.35. The van der Waals surface area contributed by atoms with Crippen LogP contribution in [0, 0.1) is 0 Å². The van der Waals surface area contributed by atoms with Crippen molar-refractivity contribution in [1.82, 2.24) is 15.7 Å². The first-order valence-electron chi connectivity index (χ1n) is 10.1. The van der Waals surface area contributed by atoms with Gasteiger partial charge in [-0.15, -0.1) is 0 Å². The molecule has 1 aliphatic carbocycles. The number of halogens is 2. The van der Waals surface area contributed by atoms with E-state index in [1.54, 1.807) is 18.5 Å². The minimum absolute atomic E-state index is 0.117. The normalized spacial score (nSPS) is 18.3. The summed E-state index contributed by atoms with van der Waals surface area (Å²) in [4.78, 5) is 10.4. The standard InChI is InChI=1S/C23H20Cl2N4O2/c24-17-7-6-16(21(25)10-17)8-18-13-30-29-23(28-18)20-11-26-27-12-22(20)31-19-3-1-2-15(9-19)14-4-5-14/h1-3,6-7,9-12,14,18H,4-5,8,13H2,(H,28,29). The molecule has 2 aromatic carbocycles. The van der Waals surface area contributed by atoms with Gasteiger partial charge in [0.05, 0.1) is 30.6 Å². The van der Waals surface area contributed by atoms with Crippen LogP contribution in [0.25, 0.3) is 0 Å². The van der Waals surface area contributed by atoms with E-state index in [1.807, 2.05) is 24.3 Å². The maximum absolute atomic E-state index is 6.33. The van der Waals surface area contributed by atoms with Crippen LogP contribution in [0.1, 0.15) is 35.4 Å². The average Bonchev–Trinajstić information content (AvgIpc) is 3.62. The van der Waals surface area contributed by atoms with Gasteiger partial charge in [-0.3, -0.25) is 9.83 Å². The number of rotatable bonds is 6. The third-order valence-electron chi connectivity index (χ3n) is 5.31. The summed E-state index contributed by atoms with van der Waals surface area (Å²) in [5.41, 5.74) is 5.84. The lowest BCUT2D eigenvalue weighted by molar-refractivity contribution is 0.0623. The largest absolute Gasteiger partial charge is 0.455 e. The van der Waals surface area contributed by atoms with Crippen LogP contribution in [-0.4, -0.2) is 28.7 Å². The highest BCUT2D eigenvalue weighted by atomic mass is 35.5. The van der Waals surface area contributed by atoms with Gasteiger partial charge in [-0.05, 0) is 60.6 Å². The van der Waals surface area contributed by atoms with Gasteiger partial charge in [0.15, 0.2) is 11.6 Å². The van der Waals surface area contributed by atoms with Crippen molar-refractivity contribution in [2.45, 2.75) is 31.2 Å². The molecule has 1 saturated carbocycles. The molecular weight excluding hydrogens is 435 g/mol. The molecule has 6 nitrogen and oxygen atoms in total. The minimum Gasteiger partial charge on any atom is -0.455 e. The molecule has 0 amide bonds. The summed E-state index contributed by atoms with van der Waals surface area (Å²) in [6.07, 6.45) is 6.31. The molecule has 0 bridgehead atoms. The molecule has 1 fully saturated rings. The summed E-state index contributed by atoms with van der Waals surface area (Å²) in [6, 6.07) is 13.5. The second kappa shape index (κ2) is 8.83. The monoisotopic (exact) mass is 454 g/mol. The van der Waals surface area contributed by atoms with Crippen molar-refractivity contribution in [3.8, 4) is 11.5 Å². The molecule has 1 N–H and O–H groups in total. The summed E-state index contributed by atoms with van der Waals surface area (Å²) < 4.78 is 6.15. The molecule has 1 atom stereocenters. The van der Waals surface area contributed by atoms with E-state index >= 15 is 0 Å². The summed E-state index contributed by atoms with van der Waals surface area (Å²) in [5.74, 6) is 2.52. The van der Waals surface area contributed by atoms with Crippen molar-refractivity contribution >= 4 is 29.0 Å². The Balaban J connectivity index is 1.38. The molecular formula is C23H20Cl2N4O2. The van der Waals surface area contributed by atoms with Gasteiger partial charge in [-0.2, -0.15) is 10.2 Å². The van der Waals surface area contributed by atoms with Gasteiger partial charge >= 0.3 is 0 Å². The Morgan fingerprint density at radius 1 is 1.06 bits per heavy atom. The van der Waals surface area contributed by atoms with Crippen molar-refractivity contribution in [2.75, 3.05) is 6.61 Å².